The van der Waals surface area contributed by atoms with E-state index in [1.807, 2.05) is 4.90 Å². The maximum absolute atomic E-state index is 12.9. The van der Waals surface area contributed by atoms with Crippen LogP contribution in [-0.2, 0) is 15.8 Å². The van der Waals surface area contributed by atoms with Crippen molar-refractivity contribution in [2.24, 2.45) is 5.92 Å². The Bertz CT molecular complexity index is 752. The number of amides is 2. The van der Waals surface area contributed by atoms with E-state index in [0.717, 1.165) is 43.9 Å². The first-order chi connectivity index (χ1) is 13.1. The topological polar surface area (TPSA) is 52.7 Å². The second-order valence-electron chi connectivity index (χ2n) is 7.50. The third-order valence-electron chi connectivity index (χ3n) is 5.24. The van der Waals surface area contributed by atoms with Gasteiger partial charge >= 0.3 is 6.18 Å². The third kappa shape index (κ3) is 5.17. The summed E-state index contributed by atoms with van der Waals surface area (Å²) >= 11 is 5.93. The van der Waals surface area contributed by atoms with Crippen LogP contribution in [0, 0.1) is 5.92 Å². The van der Waals surface area contributed by atoms with Crippen molar-refractivity contribution in [2.75, 3.05) is 32.0 Å². The molecular weight excluding hydrogens is 395 g/mol. The summed E-state index contributed by atoms with van der Waals surface area (Å²) in [6.45, 7) is 1.30. The van der Waals surface area contributed by atoms with E-state index in [0.29, 0.717) is 13.1 Å². The van der Waals surface area contributed by atoms with Gasteiger partial charge in [-0.2, -0.15) is 13.2 Å². The van der Waals surface area contributed by atoms with Crippen LogP contribution in [0.2, 0.25) is 5.02 Å². The van der Waals surface area contributed by atoms with Gasteiger partial charge in [-0.05, 0) is 50.4 Å². The average Bonchev–Trinajstić information content (AvgIpc) is 3.46. The van der Waals surface area contributed by atoms with Crippen molar-refractivity contribution >= 4 is 29.1 Å². The lowest BCUT2D eigenvalue weighted by molar-refractivity contribution is -0.137. The molecule has 0 spiro atoms. The molecule has 2 aliphatic rings. The van der Waals surface area contributed by atoms with E-state index in [9.17, 15) is 22.8 Å². The van der Waals surface area contributed by atoms with Gasteiger partial charge in [0.2, 0.25) is 11.8 Å². The fourth-order valence-electron chi connectivity index (χ4n) is 3.48. The second-order valence-corrected chi connectivity index (χ2v) is 7.90. The maximum atomic E-state index is 12.9. The molecule has 1 heterocycles. The average molecular weight is 418 g/mol. The summed E-state index contributed by atoms with van der Waals surface area (Å²) in [7, 11) is 1.80. The normalized spacial score (nSPS) is 20.7. The van der Waals surface area contributed by atoms with Gasteiger partial charge in [-0.15, -0.1) is 0 Å². The van der Waals surface area contributed by atoms with Crippen LogP contribution in [0.25, 0.3) is 0 Å². The molecule has 0 bridgehead atoms. The van der Waals surface area contributed by atoms with Crippen LogP contribution in [-0.4, -0.2) is 54.3 Å². The smallest absolute Gasteiger partial charge is 0.341 e. The van der Waals surface area contributed by atoms with E-state index < -0.39 is 17.6 Å². The van der Waals surface area contributed by atoms with Crippen LogP contribution < -0.4 is 5.32 Å². The highest BCUT2D eigenvalue weighted by Gasteiger charge is 2.36. The van der Waals surface area contributed by atoms with Gasteiger partial charge in [0.05, 0.1) is 22.8 Å². The number of likely N-dealkylation sites (tertiary alicyclic amines) is 1. The summed E-state index contributed by atoms with van der Waals surface area (Å²) in [5.41, 5.74) is -0.929. The number of halogens is 4. The number of benzene rings is 1. The van der Waals surface area contributed by atoms with Crippen LogP contribution in [0.4, 0.5) is 18.9 Å². The number of likely N-dealkylation sites (N-methyl/N-ethyl adjacent to an activating group) is 1. The zero-order chi connectivity index (χ0) is 20.5. The SMILES string of the molecule is CN(C(=O)C1CC1)C1CCCN(CC(=O)Nc2cc(C(F)(F)F)ccc2Cl)C1. The molecule has 0 aromatic heterocycles. The number of hydrogen-bond donors (Lipinski definition) is 1. The van der Waals surface area contributed by atoms with Crippen LogP contribution in [0.15, 0.2) is 18.2 Å². The summed E-state index contributed by atoms with van der Waals surface area (Å²) in [6, 6.07) is 2.88. The molecule has 1 aromatic carbocycles. The predicted molar refractivity (Wildman–Crippen MR) is 100 cm³/mol. The van der Waals surface area contributed by atoms with Gasteiger partial charge < -0.3 is 10.2 Å². The van der Waals surface area contributed by atoms with Crippen molar-refractivity contribution in [3.63, 3.8) is 0 Å². The van der Waals surface area contributed by atoms with Gasteiger partial charge in [-0.25, -0.2) is 0 Å². The summed E-state index contributed by atoms with van der Waals surface area (Å²) in [5.74, 6) is -0.128. The largest absolute Gasteiger partial charge is 0.416 e. The Balaban J connectivity index is 1.58. The van der Waals surface area contributed by atoms with Crippen LogP contribution in [0.1, 0.15) is 31.2 Å². The number of nitrogens with one attached hydrogen (secondary N) is 1. The summed E-state index contributed by atoms with van der Waals surface area (Å²) in [4.78, 5) is 28.3. The third-order valence-corrected chi connectivity index (χ3v) is 5.57. The van der Waals surface area contributed by atoms with Gasteiger partial charge in [0, 0.05) is 25.6 Å². The first-order valence-corrected chi connectivity index (χ1v) is 9.68. The molecule has 2 amide bonds. The number of carbonyl (C=O) groups is 2. The molecule has 2 fully saturated rings. The van der Waals surface area contributed by atoms with Crippen molar-refractivity contribution in [3.8, 4) is 0 Å². The minimum atomic E-state index is -4.51. The summed E-state index contributed by atoms with van der Waals surface area (Å²) in [6.07, 6.45) is -0.889. The highest BCUT2D eigenvalue weighted by atomic mass is 35.5. The van der Waals surface area contributed by atoms with Crippen molar-refractivity contribution < 1.29 is 22.8 Å². The van der Waals surface area contributed by atoms with Gasteiger partial charge in [-0.1, -0.05) is 11.6 Å². The minimum Gasteiger partial charge on any atom is -0.341 e. The number of hydrogen-bond acceptors (Lipinski definition) is 3. The molecule has 9 heteroatoms. The molecular formula is C19H23ClF3N3O2. The van der Waals surface area contributed by atoms with Gasteiger partial charge in [-0.3, -0.25) is 14.5 Å². The number of alkyl halides is 3. The quantitative estimate of drug-likeness (QED) is 0.796. The Morgan fingerprint density at radius 1 is 1.29 bits per heavy atom. The lowest BCUT2D eigenvalue weighted by atomic mass is 10.0. The second kappa shape index (κ2) is 8.29. The molecule has 28 heavy (non-hydrogen) atoms. The molecule has 5 nitrogen and oxygen atoms in total. The zero-order valence-electron chi connectivity index (χ0n) is 15.6. The van der Waals surface area contributed by atoms with Crippen LogP contribution in [0.5, 0.6) is 0 Å². The van der Waals surface area contributed by atoms with E-state index in [2.05, 4.69) is 5.32 Å². The molecule has 1 unspecified atom stereocenters. The highest BCUT2D eigenvalue weighted by Crippen LogP contribution is 2.34. The van der Waals surface area contributed by atoms with Gasteiger partial charge in [0.15, 0.2) is 0 Å². The number of rotatable bonds is 5. The number of carbonyl (C=O) groups excluding carboxylic acids is 2. The standard InChI is InChI=1S/C19H23ClF3N3O2/c1-25(18(28)12-4-5-12)14-3-2-8-26(10-14)11-17(27)24-16-9-13(19(21,22)23)6-7-15(16)20/h6-7,9,12,14H,2-5,8,10-11H2,1H3,(H,24,27). The zero-order valence-corrected chi connectivity index (χ0v) is 16.3. The molecule has 1 saturated carbocycles. The number of piperidine rings is 1. The molecule has 1 aliphatic carbocycles. The molecule has 0 radical (unpaired) electrons. The van der Waals surface area contributed by atoms with E-state index in [1.165, 1.54) is 0 Å². The number of anilines is 1. The van der Waals surface area contributed by atoms with Crippen molar-refractivity contribution in [3.05, 3.63) is 28.8 Å². The Morgan fingerprint density at radius 2 is 2.00 bits per heavy atom. The Hall–Kier alpha value is -1.80. The van der Waals surface area contributed by atoms with Gasteiger partial charge in [0.1, 0.15) is 0 Å². The fraction of sp³-hybridized carbons (Fsp3) is 0.579. The Kier molecular flexibility index (Phi) is 6.19. The first kappa shape index (κ1) is 20.9. The molecule has 1 N–H and O–H groups in total. The lowest BCUT2D eigenvalue weighted by Gasteiger charge is -2.37. The van der Waals surface area contributed by atoms with Crippen molar-refractivity contribution in [1.82, 2.24) is 9.80 Å². The number of nitrogens with zero attached hydrogens (tertiary/aromatic N) is 2. The van der Waals surface area contributed by atoms with E-state index in [4.69, 9.17) is 11.6 Å². The Labute approximate surface area is 166 Å². The summed E-state index contributed by atoms with van der Waals surface area (Å²) in [5, 5.41) is 2.52. The van der Waals surface area contributed by atoms with E-state index >= 15 is 0 Å². The first-order valence-electron chi connectivity index (χ1n) is 9.31. The molecule has 1 atom stereocenters. The van der Waals surface area contributed by atoms with Crippen molar-refractivity contribution in [1.29, 1.82) is 0 Å². The fourth-order valence-corrected chi connectivity index (χ4v) is 3.64. The monoisotopic (exact) mass is 417 g/mol. The Morgan fingerprint density at radius 3 is 2.64 bits per heavy atom. The molecule has 1 aliphatic heterocycles. The van der Waals surface area contributed by atoms with E-state index in [-0.39, 0.29) is 35.1 Å². The van der Waals surface area contributed by atoms with Gasteiger partial charge in [0.25, 0.3) is 0 Å². The highest BCUT2D eigenvalue weighted by molar-refractivity contribution is 6.33. The predicted octanol–water partition coefficient (Wildman–Crippen LogP) is 3.63. The maximum Gasteiger partial charge on any atom is 0.416 e. The van der Waals surface area contributed by atoms with Crippen molar-refractivity contribution in [2.45, 2.75) is 37.9 Å². The minimum absolute atomic E-state index is 0.0362. The van der Waals surface area contributed by atoms with Crippen LogP contribution in [0.3, 0.4) is 0 Å². The lowest BCUT2D eigenvalue weighted by Crippen LogP contribution is -2.50. The summed E-state index contributed by atoms with van der Waals surface area (Å²) < 4.78 is 38.6. The molecule has 1 saturated heterocycles. The van der Waals surface area contributed by atoms with E-state index in [1.54, 1.807) is 11.9 Å². The van der Waals surface area contributed by atoms with Crippen LogP contribution >= 0.6 is 11.6 Å². The molecule has 3 rings (SSSR count). The molecule has 1 aromatic rings. The molecule has 154 valence electrons.